The van der Waals surface area contributed by atoms with E-state index in [1.807, 2.05) is 16.7 Å². The highest BCUT2D eigenvalue weighted by Gasteiger charge is 2.43. The highest BCUT2D eigenvalue weighted by molar-refractivity contribution is 6.28. The molecule has 0 spiro atoms. The lowest BCUT2D eigenvalue weighted by Crippen LogP contribution is -2.57. The summed E-state index contributed by atoms with van der Waals surface area (Å²) >= 11 is 0. The summed E-state index contributed by atoms with van der Waals surface area (Å²) in [5, 5.41) is 9.49. The van der Waals surface area contributed by atoms with Gasteiger partial charge in [-0.3, -0.25) is 25.0 Å². The molecule has 1 aromatic rings. The van der Waals surface area contributed by atoms with Gasteiger partial charge in [-0.25, -0.2) is 9.80 Å². The van der Waals surface area contributed by atoms with Crippen LogP contribution in [0.15, 0.2) is 29.4 Å². The van der Waals surface area contributed by atoms with Crippen LogP contribution in [-0.2, 0) is 14.4 Å². The number of urea groups is 1. The fraction of sp³-hybridized carbons (Fsp3) is 0.312. The summed E-state index contributed by atoms with van der Waals surface area (Å²) in [6, 6.07) is 5.81. The Labute approximate surface area is 143 Å². The molecule has 2 aliphatic rings. The lowest BCUT2D eigenvalue weighted by Gasteiger charge is -2.21. The predicted octanol–water partition coefficient (Wildman–Crippen LogP) is 0.327. The van der Waals surface area contributed by atoms with Crippen LogP contribution >= 0.6 is 0 Å². The Morgan fingerprint density at radius 1 is 1.24 bits per heavy atom. The van der Waals surface area contributed by atoms with Crippen LogP contribution in [0.25, 0.3) is 0 Å². The molecule has 9 heteroatoms. The smallest absolute Gasteiger partial charge is 0.328 e. The highest BCUT2D eigenvalue weighted by atomic mass is 16.5. The van der Waals surface area contributed by atoms with Crippen molar-refractivity contribution in [1.82, 2.24) is 15.6 Å². The number of ether oxygens (including phenoxy) is 1. The summed E-state index contributed by atoms with van der Waals surface area (Å²) in [5.74, 6) is -2.44. The standard InChI is InChI=1S/C16H16N4O5/c1-8(21)20-12(9-4-3-5-10(6-9)25-2)7-11(19-20)13-14(22)17-16(24)18-15(13)23/h3-6,12-13H,7H2,1-2H3,(H2,17,18,22,23,24). The topological polar surface area (TPSA) is 117 Å². The third-order valence-electron chi connectivity index (χ3n) is 4.07. The van der Waals surface area contributed by atoms with Gasteiger partial charge in [-0.15, -0.1) is 0 Å². The van der Waals surface area contributed by atoms with E-state index in [4.69, 9.17) is 4.74 Å². The third-order valence-corrected chi connectivity index (χ3v) is 4.07. The van der Waals surface area contributed by atoms with Crippen molar-refractivity contribution in [2.75, 3.05) is 7.11 Å². The molecule has 2 heterocycles. The van der Waals surface area contributed by atoms with Gasteiger partial charge in [-0.05, 0) is 17.7 Å². The lowest BCUT2D eigenvalue weighted by atomic mass is 9.92. The minimum absolute atomic E-state index is 0.201. The number of nitrogens with one attached hydrogen (secondary N) is 2. The number of nitrogens with zero attached hydrogens (tertiary/aromatic N) is 2. The van der Waals surface area contributed by atoms with Crippen LogP contribution in [0.2, 0.25) is 0 Å². The van der Waals surface area contributed by atoms with Crippen LogP contribution < -0.4 is 15.4 Å². The summed E-state index contributed by atoms with van der Waals surface area (Å²) < 4.78 is 5.19. The fourth-order valence-electron chi connectivity index (χ4n) is 2.93. The van der Waals surface area contributed by atoms with E-state index in [-0.39, 0.29) is 18.0 Å². The Morgan fingerprint density at radius 3 is 2.52 bits per heavy atom. The molecule has 130 valence electrons. The Morgan fingerprint density at radius 2 is 1.92 bits per heavy atom. The zero-order valence-electron chi connectivity index (χ0n) is 13.6. The molecule has 2 N–H and O–H groups in total. The minimum atomic E-state index is -1.24. The Hall–Kier alpha value is -3.23. The number of barbiturate groups is 1. The molecule has 0 bridgehead atoms. The van der Waals surface area contributed by atoms with Crippen LogP contribution in [-0.4, -0.2) is 41.6 Å². The summed E-state index contributed by atoms with van der Waals surface area (Å²) in [5.41, 5.74) is 0.992. The number of hydrogen-bond acceptors (Lipinski definition) is 6. The van der Waals surface area contributed by atoms with Gasteiger partial charge >= 0.3 is 6.03 Å². The number of imide groups is 2. The average Bonchev–Trinajstić information content (AvgIpc) is 2.99. The quantitative estimate of drug-likeness (QED) is 0.766. The number of benzene rings is 1. The molecule has 0 radical (unpaired) electrons. The Balaban J connectivity index is 1.92. The van der Waals surface area contributed by atoms with E-state index in [0.29, 0.717) is 5.75 Å². The minimum Gasteiger partial charge on any atom is -0.497 e. The van der Waals surface area contributed by atoms with E-state index in [9.17, 15) is 19.2 Å². The number of hydrazone groups is 1. The lowest BCUT2D eigenvalue weighted by molar-refractivity contribution is -0.133. The predicted molar refractivity (Wildman–Crippen MR) is 85.5 cm³/mol. The van der Waals surface area contributed by atoms with Crippen LogP contribution in [0.3, 0.4) is 0 Å². The van der Waals surface area contributed by atoms with Crippen molar-refractivity contribution in [3.63, 3.8) is 0 Å². The number of carbonyl (C=O) groups is 4. The molecule has 1 saturated heterocycles. The van der Waals surface area contributed by atoms with E-state index in [2.05, 4.69) is 5.10 Å². The van der Waals surface area contributed by atoms with Gasteiger partial charge in [0.25, 0.3) is 0 Å². The maximum absolute atomic E-state index is 12.0. The summed E-state index contributed by atoms with van der Waals surface area (Å²) in [7, 11) is 1.53. The first-order valence-corrected chi connectivity index (χ1v) is 7.57. The second kappa shape index (κ2) is 6.34. The number of methoxy groups -OCH3 is 1. The van der Waals surface area contributed by atoms with E-state index < -0.39 is 29.8 Å². The maximum Gasteiger partial charge on any atom is 0.328 e. The monoisotopic (exact) mass is 344 g/mol. The van der Waals surface area contributed by atoms with Gasteiger partial charge < -0.3 is 4.74 Å². The summed E-state index contributed by atoms with van der Waals surface area (Å²) in [4.78, 5) is 47.2. The largest absolute Gasteiger partial charge is 0.497 e. The molecule has 1 unspecified atom stereocenters. The number of carbonyl (C=O) groups excluding carboxylic acids is 4. The first-order chi connectivity index (χ1) is 11.9. The number of amides is 5. The molecule has 1 atom stereocenters. The number of rotatable bonds is 3. The van der Waals surface area contributed by atoms with Crippen LogP contribution in [0.1, 0.15) is 24.9 Å². The highest BCUT2D eigenvalue weighted by Crippen LogP contribution is 2.34. The van der Waals surface area contributed by atoms with Crippen LogP contribution in [0, 0.1) is 5.92 Å². The van der Waals surface area contributed by atoms with E-state index in [1.54, 1.807) is 18.2 Å². The second-order valence-corrected chi connectivity index (χ2v) is 5.69. The molecule has 5 amide bonds. The SMILES string of the molecule is COc1cccc(C2CC(C3C(=O)NC(=O)NC3=O)=NN2C(C)=O)c1. The van der Waals surface area contributed by atoms with Crippen molar-refractivity contribution in [3.05, 3.63) is 29.8 Å². The third kappa shape index (κ3) is 3.08. The molecule has 25 heavy (non-hydrogen) atoms. The first kappa shape index (κ1) is 16.6. The molecule has 0 aromatic heterocycles. The van der Waals surface area contributed by atoms with Crippen molar-refractivity contribution in [2.45, 2.75) is 19.4 Å². The van der Waals surface area contributed by atoms with Crippen LogP contribution in [0.4, 0.5) is 4.79 Å². The van der Waals surface area contributed by atoms with E-state index in [0.717, 1.165) is 5.56 Å². The van der Waals surface area contributed by atoms with Gasteiger partial charge in [-0.2, -0.15) is 5.10 Å². The molecule has 1 fully saturated rings. The molecular weight excluding hydrogens is 328 g/mol. The van der Waals surface area contributed by atoms with Crippen molar-refractivity contribution in [3.8, 4) is 5.75 Å². The molecule has 0 saturated carbocycles. The van der Waals surface area contributed by atoms with Crippen molar-refractivity contribution < 1.29 is 23.9 Å². The van der Waals surface area contributed by atoms with Gasteiger partial charge in [0.05, 0.1) is 18.9 Å². The van der Waals surface area contributed by atoms with Gasteiger partial charge in [-0.1, -0.05) is 12.1 Å². The second-order valence-electron chi connectivity index (χ2n) is 5.69. The van der Waals surface area contributed by atoms with E-state index in [1.165, 1.54) is 19.0 Å². The average molecular weight is 344 g/mol. The summed E-state index contributed by atoms with van der Waals surface area (Å²) in [6.45, 7) is 1.35. The zero-order valence-corrected chi connectivity index (χ0v) is 13.6. The summed E-state index contributed by atoms with van der Waals surface area (Å²) in [6.07, 6.45) is 0.201. The Kier molecular flexibility index (Phi) is 4.22. The van der Waals surface area contributed by atoms with Gasteiger partial charge in [0.15, 0.2) is 5.92 Å². The number of hydrogen-bond donors (Lipinski definition) is 2. The fourth-order valence-corrected chi connectivity index (χ4v) is 2.93. The molecule has 9 nitrogen and oxygen atoms in total. The molecule has 3 rings (SSSR count). The molecule has 1 aromatic carbocycles. The van der Waals surface area contributed by atoms with Crippen LogP contribution in [0.5, 0.6) is 5.75 Å². The van der Waals surface area contributed by atoms with E-state index >= 15 is 0 Å². The van der Waals surface area contributed by atoms with Crippen molar-refractivity contribution >= 4 is 29.5 Å². The Bertz CT molecular complexity index is 783. The maximum atomic E-state index is 12.0. The molecule has 2 aliphatic heterocycles. The van der Waals surface area contributed by atoms with Crippen molar-refractivity contribution in [1.29, 1.82) is 0 Å². The molecule has 0 aliphatic carbocycles. The normalized spacial score (nSPS) is 20.9. The molecular formula is C16H16N4O5. The first-order valence-electron chi connectivity index (χ1n) is 7.57. The van der Waals surface area contributed by atoms with Gasteiger partial charge in [0, 0.05) is 13.3 Å². The van der Waals surface area contributed by atoms with Gasteiger partial charge in [0.1, 0.15) is 5.75 Å². The zero-order chi connectivity index (χ0) is 18.1. The van der Waals surface area contributed by atoms with Gasteiger partial charge in [0.2, 0.25) is 17.7 Å². The van der Waals surface area contributed by atoms with Crippen molar-refractivity contribution in [2.24, 2.45) is 11.0 Å².